The van der Waals surface area contributed by atoms with Crippen LogP contribution in [0.5, 0.6) is 0 Å². The van der Waals surface area contributed by atoms with Crippen LogP contribution in [0.1, 0.15) is 38.3 Å². The molecule has 1 fully saturated rings. The van der Waals surface area contributed by atoms with E-state index in [-0.39, 0.29) is 11.4 Å². The molecule has 2 heterocycles. The van der Waals surface area contributed by atoms with Gasteiger partial charge in [0.1, 0.15) is 11.5 Å². The van der Waals surface area contributed by atoms with Gasteiger partial charge in [0.2, 0.25) is 5.91 Å². The van der Waals surface area contributed by atoms with Gasteiger partial charge in [-0.3, -0.25) is 4.79 Å². The van der Waals surface area contributed by atoms with Crippen LogP contribution in [-0.2, 0) is 11.3 Å². The van der Waals surface area contributed by atoms with E-state index in [1.54, 1.807) is 0 Å². The molecule has 0 bridgehead atoms. The van der Waals surface area contributed by atoms with Crippen LogP contribution in [0.25, 0.3) is 0 Å². The molecule has 1 aromatic rings. The van der Waals surface area contributed by atoms with Gasteiger partial charge in [0.15, 0.2) is 0 Å². The summed E-state index contributed by atoms with van der Waals surface area (Å²) in [5, 5.41) is 11.0. The molecule has 0 unspecified atom stereocenters. The monoisotopic (exact) mass is 234 g/mol. The molecule has 1 saturated carbocycles. The maximum absolute atomic E-state index is 11.9. The van der Waals surface area contributed by atoms with E-state index in [1.807, 2.05) is 11.6 Å². The van der Waals surface area contributed by atoms with Crippen molar-refractivity contribution >= 4 is 17.4 Å². The number of carbonyl (C=O) groups is 1. The molecule has 92 valence electrons. The lowest BCUT2D eigenvalue weighted by molar-refractivity contribution is -0.117. The summed E-state index contributed by atoms with van der Waals surface area (Å²) in [4.78, 5) is 11.9. The summed E-state index contributed by atoms with van der Waals surface area (Å²) in [6.45, 7) is 4.81. The number of nitrogens with zero attached hydrogens (tertiary/aromatic N) is 2. The number of rotatable bonds is 1. The second kappa shape index (κ2) is 3.48. The van der Waals surface area contributed by atoms with Gasteiger partial charge in [-0.15, -0.1) is 0 Å². The molecular weight excluding hydrogens is 216 g/mol. The van der Waals surface area contributed by atoms with E-state index in [4.69, 9.17) is 0 Å². The van der Waals surface area contributed by atoms with Crippen LogP contribution in [0.2, 0.25) is 0 Å². The molecule has 2 N–H and O–H groups in total. The summed E-state index contributed by atoms with van der Waals surface area (Å²) in [6, 6.07) is 0. The van der Waals surface area contributed by atoms with Crippen molar-refractivity contribution in [3.05, 3.63) is 5.69 Å². The number of hydrogen-bond donors (Lipinski definition) is 2. The molecule has 2 aliphatic rings. The fourth-order valence-corrected chi connectivity index (χ4v) is 2.78. The zero-order valence-electron chi connectivity index (χ0n) is 10.3. The average molecular weight is 234 g/mol. The third-order valence-corrected chi connectivity index (χ3v) is 3.88. The smallest absolute Gasteiger partial charge is 0.226 e. The molecule has 1 spiro atoms. The summed E-state index contributed by atoms with van der Waals surface area (Å²) in [7, 11) is 0. The van der Waals surface area contributed by atoms with E-state index in [0.717, 1.165) is 36.6 Å². The van der Waals surface area contributed by atoms with Crippen LogP contribution < -0.4 is 10.6 Å². The second-order valence-electron chi connectivity index (χ2n) is 5.11. The van der Waals surface area contributed by atoms with Gasteiger partial charge in [0, 0.05) is 18.5 Å². The minimum atomic E-state index is -0.0191. The van der Waals surface area contributed by atoms with E-state index >= 15 is 0 Å². The lowest BCUT2D eigenvalue weighted by Gasteiger charge is -2.41. The highest BCUT2D eigenvalue weighted by molar-refractivity contribution is 5.97. The molecule has 0 aromatic carbocycles. The summed E-state index contributed by atoms with van der Waals surface area (Å²) in [6.07, 6.45) is 3.93. The Morgan fingerprint density at radius 2 is 2.24 bits per heavy atom. The first-order valence-electron chi connectivity index (χ1n) is 6.29. The third kappa shape index (κ3) is 1.52. The molecule has 1 aliphatic heterocycles. The predicted molar refractivity (Wildman–Crippen MR) is 66.1 cm³/mol. The Labute approximate surface area is 101 Å². The van der Waals surface area contributed by atoms with Gasteiger partial charge in [-0.05, 0) is 33.1 Å². The number of anilines is 2. The van der Waals surface area contributed by atoms with Crippen molar-refractivity contribution in [3.8, 4) is 0 Å². The molecule has 1 amide bonds. The third-order valence-electron chi connectivity index (χ3n) is 3.88. The zero-order valence-corrected chi connectivity index (χ0v) is 10.3. The van der Waals surface area contributed by atoms with E-state index in [0.29, 0.717) is 6.42 Å². The summed E-state index contributed by atoms with van der Waals surface area (Å²) in [5.41, 5.74) is 1.73. The molecule has 5 nitrogen and oxygen atoms in total. The fourth-order valence-electron chi connectivity index (χ4n) is 2.78. The second-order valence-corrected chi connectivity index (χ2v) is 5.11. The van der Waals surface area contributed by atoms with Crippen LogP contribution in [0, 0.1) is 6.92 Å². The van der Waals surface area contributed by atoms with E-state index in [2.05, 4.69) is 22.7 Å². The molecule has 0 atom stereocenters. The Balaban J connectivity index is 2.06. The van der Waals surface area contributed by atoms with Crippen molar-refractivity contribution in [3.63, 3.8) is 0 Å². The summed E-state index contributed by atoms with van der Waals surface area (Å²) >= 11 is 0. The van der Waals surface area contributed by atoms with E-state index in [9.17, 15) is 4.79 Å². The van der Waals surface area contributed by atoms with Crippen LogP contribution >= 0.6 is 0 Å². The number of hydrogen-bond acceptors (Lipinski definition) is 3. The van der Waals surface area contributed by atoms with Gasteiger partial charge < -0.3 is 10.6 Å². The Hall–Kier alpha value is -1.52. The van der Waals surface area contributed by atoms with Crippen molar-refractivity contribution < 1.29 is 4.79 Å². The summed E-state index contributed by atoms with van der Waals surface area (Å²) < 4.78 is 1.94. The van der Waals surface area contributed by atoms with Crippen LogP contribution in [-0.4, -0.2) is 21.2 Å². The minimum Gasteiger partial charge on any atom is -0.363 e. The highest BCUT2D eigenvalue weighted by Crippen LogP contribution is 2.42. The van der Waals surface area contributed by atoms with Gasteiger partial charge in [0.05, 0.1) is 5.69 Å². The molecule has 1 aliphatic carbocycles. The van der Waals surface area contributed by atoms with Crippen molar-refractivity contribution in [1.82, 2.24) is 9.78 Å². The lowest BCUT2D eigenvalue weighted by atomic mass is 9.74. The standard InChI is InChI=1S/C12H18N4O/c1-3-16-11-10(8(2)15-16)13-9(17)7-12(14-11)5-4-6-12/h14H,3-7H2,1-2H3,(H,13,17). The molecule has 0 saturated heterocycles. The van der Waals surface area contributed by atoms with Crippen LogP contribution in [0.15, 0.2) is 0 Å². The largest absolute Gasteiger partial charge is 0.363 e. The molecular formula is C12H18N4O. The first kappa shape index (κ1) is 10.6. The van der Waals surface area contributed by atoms with Crippen molar-refractivity contribution in [2.45, 2.75) is 51.6 Å². The van der Waals surface area contributed by atoms with Gasteiger partial charge in [-0.25, -0.2) is 4.68 Å². The topological polar surface area (TPSA) is 59.0 Å². The maximum Gasteiger partial charge on any atom is 0.226 e. The molecule has 17 heavy (non-hydrogen) atoms. The van der Waals surface area contributed by atoms with E-state index < -0.39 is 0 Å². The Kier molecular flexibility index (Phi) is 2.18. The van der Waals surface area contributed by atoms with Crippen LogP contribution in [0.4, 0.5) is 11.5 Å². The number of amides is 1. The predicted octanol–water partition coefficient (Wildman–Crippen LogP) is 1.89. The number of aromatic nitrogens is 2. The van der Waals surface area contributed by atoms with Crippen molar-refractivity contribution in [1.29, 1.82) is 0 Å². The van der Waals surface area contributed by atoms with Gasteiger partial charge in [-0.1, -0.05) is 0 Å². The molecule has 5 heteroatoms. The highest BCUT2D eigenvalue weighted by atomic mass is 16.1. The number of nitrogens with one attached hydrogen (secondary N) is 2. The Morgan fingerprint density at radius 1 is 1.47 bits per heavy atom. The highest BCUT2D eigenvalue weighted by Gasteiger charge is 2.42. The summed E-state index contributed by atoms with van der Waals surface area (Å²) in [5.74, 6) is 1.09. The zero-order chi connectivity index (χ0) is 12.0. The number of fused-ring (bicyclic) bond motifs is 1. The first-order chi connectivity index (χ1) is 8.13. The van der Waals surface area contributed by atoms with Crippen molar-refractivity contribution in [2.75, 3.05) is 10.6 Å². The Morgan fingerprint density at radius 3 is 2.82 bits per heavy atom. The Bertz CT molecular complexity index is 473. The van der Waals surface area contributed by atoms with Gasteiger partial charge in [0.25, 0.3) is 0 Å². The number of carbonyl (C=O) groups excluding carboxylic acids is 1. The SMILES string of the molecule is CCn1nc(C)c2c1NC1(CCC1)CC(=O)N2. The normalized spacial score (nSPS) is 21.2. The minimum absolute atomic E-state index is 0.0191. The first-order valence-corrected chi connectivity index (χ1v) is 6.29. The van der Waals surface area contributed by atoms with Gasteiger partial charge in [-0.2, -0.15) is 5.10 Å². The number of aryl methyl sites for hydroxylation is 2. The quantitative estimate of drug-likeness (QED) is 0.780. The molecule has 3 rings (SSSR count). The molecule has 0 radical (unpaired) electrons. The fraction of sp³-hybridized carbons (Fsp3) is 0.667. The molecule has 1 aromatic heterocycles. The average Bonchev–Trinajstić information content (AvgIpc) is 2.46. The lowest BCUT2D eigenvalue weighted by Crippen LogP contribution is -2.46. The van der Waals surface area contributed by atoms with Crippen LogP contribution in [0.3, 0.4) is 0 Å². The van der Waals surface area contributed by atoms with Crippen molar-refractivity contribution in [2.24, 2.45) is 0 Å². The maximum atomic E-state index is 11.9. The van der Waals surface area contributed by atoms with Gasteiger partial charge >= 0.3 is 0 Å². The van der Waals surface area contributed by atoms with E-state index in [1.165, 1.54) is 6.42 Å².